The number of carbonyl (C=O) groups excluding carboxylic acids is 3. The molecule has 2 saturated heterocycles. The molecule has 5 nitrogen and oxygen atoms in total. The topological polar surface area (TPSA) is 57.7 Å². The van der Waals surface area contributed by atoms with Gasteiger partial charge in [0.1, 0.15) is 6.04 Å². The first kappa shape index (κ1) is 19.2. The van der Waals surface area contributed by atoms with E-state index in [1.807, 2.05) is 60.5 Å². The molecule has 2 amide bonds. The van der Waals surface area contributed by atoms with Crippen molar-refractivity contribution in [1.82, 2.24) is 4.90 Å². The third-order valence-electron chi connectivity index (χ3n) is 6.61. The van der Waals surface area contributed by atoms with Gasteiger partial charge in [0.15, 0.2) is 5.78 Å². The van der Waals surface area contributed by atoms with Crippen LogP contribution in [-0.2, 0) is 9.59 Å². The van der Waals surface area contributed by atoms with Crippen LogP contribution in [0.3, 0.4) is 0 Å². The molecule has 2 fully saturated rings. The lowest BCUT2D eigenvalue weighted by atomic mass is 9.86. The van der Waals surface area contributed by atoms with Crippen LogP contribution in [0.4, 0.5) is 5.69 Å². The van der Waals surface area contributed by atoms with E-state index < -0.39 is 17.9 Å². The summed E-state index contributed by atoms with van der Waals surface area (Å²) in [6, 6.07) is 10.7. The van der Waals surface area contributed by atoms with Gasteiger partial charge in [-0.15, -0.1) is 11.3 Å². The molecule has 2 aromatic rings. The van der Waals surface area contributed by atoms with Gasteiger partial charge in [-0.1, -0.05) is 43.7 Å². The second-order valence-corrected chi connectivity index (χ2v) is 9.23. The van der Waals surface area contributed by atoms with Crippen molar-refractivity contribution in [1.29, 1.82) is 0 Å². The van der Waals surface area contributed by atoms with Crippen molar-refractivity contribution in [3.8, 4) is 0 Å². The lowest BCUT2D eigenvalue weighted by Gasteiger charge is -2.37. The van der Waals surface area contributed by atoms with E-state index in [9.17, 15) is 14.4 Å². The number of benzene rings is 1. The lowest BCUT2D eigenvalue weighted by molar-refractivity contribution is -0.140. The number of likely N-dealkylation sites (tertiary alicyclic amines) is 1. The molecule has 4 heterocycles. The number of allylic oxidation sites excluding steroid dienone is 1. The highest BCUT2D eigenvalue weighted by Gasteiger charge is 2.64. The van der Waals surface area contributed by atoms with Crippen molar-refractivity contribution in [2.75, 3.05) is 11.4 Å². The molecule has 6 heteroatoms. The summed E-state index contributed by atoms with van der Waals surface area (Å²) >= 11 is 1.39. The molecule has 3 aliphatic heterocycles. The molecular weight excluding hydrogens is 396 g/mol. The number of nitrogens with zero attached hydrogens (tertiary/aromatic N) is 2. The predicted octanol–water partition coefficient (Wildman–Crippen LogP) is 4.01. The van der Waals surface area contributed by atoms with Gasteiger partial charge in [-0.05, 0) is 36.4 Å². The molecule has 0 N–H and O–H groups in total. The van der Waals surface area contributed by atoms with Crippen LogP contribution in [0, 0.1) is 11.8 Å². The van der Waals surface area contributed by atoms with Gasteiger partial charge in [0.2, 0.25) is 11.8 Å². The first-order valence-electron chi connectivity index (χ1n) is 10.5. The molecule has 0 bridgehead atoms. The summed E-state index contributed by atoms with van der Waals surface area (Å²) in [6.07, 6.45) is 3.77. The van der Waals surface area contributed by atoms with Gasteiger partial charge >= 0.3 is 0 Å². The van der Waals surface area contributed by atoms with Crippen LogP contribution >= 0.6 is 11.3 Å². The van der Waals surface area contributed by atoms with Gasteiger partial charge in [0, 0.05) is 17.8 Å². The van der Waals surface area contributed by atoms with E-state index in [1.165, 1.54) is 16.2 Å². The Balaban J connectivity index is 1.65. The smallest absolute Gasteiger partial charge is 0.235 e. The Morgan fingerprint density at radius 2 is 1.83 bits per heavy atom. The van der Waals surface area contributed by atoms with E-state index in [0.717, 1.165) is 29.7 Å². The highest BCUT2D eigenvalue weighted by molar-refractivity contribution is 7.12. The highest BCUT2D eigenvalue weighted by atomic mass is 32.1. The van der Waals surface area contributed by atoms with Crippen molar-refractivity contribution < 1.29 is 14.4 Å². The molecule has 30 heavy (non-hydrogen) atoms. The fourth-order valence-electron chi connectivity index (χ4n) is 5.26. The average Bonchev–Trinajstić information content (AvgIpc) is 3.44. The maximum atomic E-state index is 13.6. The molecule has 1 aromatic carbocycles. The van der Waals surface area contributed by atoms with E-state index in [-0.39, 0.29) is 23.6 Å². The normalized spacial score (nSPS) is 27.1. The quantitative estimate of drug-likeness (QED) is 0.542. The number of imide groups is 1. The van der Waals surface area contributed by atoms with Gasteiger partial charge < -0.3 is 4.90 Å². The molecule has 0 aliphatic carbocycles. The monoisotopic (exact) mass is 420 g/mol. The van der Waals surface area contributed by atoms with Crippen LogP contribution in [0.1, 0.15) is 41.9 Å². The van der Waals surface area contributed by atoms with Gasteiger partial charge in [-0.25, -0.2) is 0 Å². The Bertz CT molecular complexity index is 1060. The molecule has 4 atom stereocenters. The van der Waals surface area contributed by atoms with Gasteiger partial charge in [-0.2, -0.15) is 0 Å². The molecule has 5 rings (SSSR count). The van der Waals surface area contributed by atoms with Crippen LogP contribution in [0.5, 0.6) is 0 Å². The second-order valence-electron chi connectivity index (χ2n) is 8.28. The molecule has 0 unspecified atom stereocenters. The zero-order valence-corrected chi connectivity index (χ0v) is 17.9. The zero-order valence-electron chi connectivity index (χ0n) is 17.1. The Kier molecular flexibility index (Phi) is 4.62. The summed E-state index contributed by atoms with van der Waals surface area (Å²) in [4.78, 5) is 44.5. The maximum absolute atomic E-state index is 13.6. The van der Waals surface area contributed by atoms with Crippen molar-refractivity contribution in [2.24, 2.45) is 11.8 Å². The molecule has 0 spiro atoms. The van der Waals surface area contributed by atoms with Crippen molar-refractivity contribution in [3.05, 3.63) is 58.3 Å². The van der Waals surface area contributed by atoms with Crippen LogP contribution in [0.15, 0.2) is 47.9 Å². The third kappa shape index (κ3) is 2.63. The van der Waals surface area contributed by atoms with Crippen LogP contribution in [0.25, 0.3) is 5.57 Å². The fourth-order valence-corrected chi connectivity index (χ4v) is 5.96. The number of hydrogen-bond donors (Lipinski definition) is 0. The standard InChI is InChI=1S/C24H24N2O3S/c1-3-4-11-25-23(28)19-17-13-14(2)15-8-5-6-9-16(15)26(17)21(20(19)24(25)29)22(27)18-10-7-12-30-18/h5-10,12-13,17,19-21H,3-4,11H2,1-2H3/t17-,19+,20-,21-/m1/s1. The van der Waals surface area contributed by atoms with Crippen molar-refractivity contribution >= 4 is 40.2 Å². The van der Waals surface area contributed by atoms with E-state index in [4.69, 9.17) is 0 Å². The number of amides is 2. The number of fused-ring (bicyclic) bond motifs is 5. The number of carbonyl (C=O) groups is 3. The number of para-hydroxylation sites is 1. The molecular formula is C24H24N2O3S. The largest absolute Gasteiger partial charge is 0.352 e. The second kappa shape index (κ2) is 7.20. The summed E-state index contributed by atoms with van der Waals surface area (Å²) in [6.45, 7) is 4.52. The summed E-state index contributed by atoms with van der Waals surface area (Å²) in [7, 11) is 0. The van der Waals surface area contributed by atoms with Crippen LogP contribution in [-0.4, -0.2) is 41.1 Å². The number of anilines is 1. The van der Waals surface area contributed by atoms with Crippen LogP contribution < -0.4 is 4.90 Å². The summed E-state index contributed by atoms with van der Waals surface area (Å²) in [5.74, 6) is -1.52. The average molecular weight is 421 g/mol. The summed E-state index contributed by atoms with van der Waals surface area (Å²) in [5.41, 5.74) is 3.08. The van der Waals surface area contributed by atoms with Gasteiger partial charge in [-0.3, -0.25) is 19.3 Å². The van der Waals surface area contributed by atoms with Crippen LogP contribution in [0.2, 0.25) is 0 Å². The van der Waals surface area contributed by atoms with Crippen molar-refractivity contribution in [2.45, 2.75) is 38.8 Å². The Morgan fingerprint density at radius 1 is 1.07 bits per heavy atom. The Morgan fingerprint density at radius 3 is 2.57 bits per heavy atom. The minimum atomic E-state index is -0.660. The van der Waals surface area contributed by atoms with Gasteiger partial charge in [0.05, 0.1) is 22.8 Å². The zero-order chi connectivity index (χ0) is 21.0. The number of hydrogen-bond acceptors (Lipinski definition) is 5. The minimum absolute atomic E-state index is 0.0660. The molecule has 3 aliphatic rings. The first-order chi connectivity index (χ1) is 14.5. The number of thiophene rings is 1. The predicted molar refractivity (Wildman–Crippen MR) is 117 cm³/mol. The van der Waals surface area contributed by atoms with Crippen molar-refractivity contribution in [3.63, 3.8) is 0 Å². The van der Waals surface area contributed by atoms with E-state index in [2.05, 4.69) is 6.08 Å². The number of ketones is 1. The minimum Gasteiger partial charge on any atom is -0.352 e. The molecule has 1 aromatic heterocycles. The van der Waals surface area contributed by atoms with E-state index in [0.29, 0.717) is 11.4 Å². The van der Waals surface area contributed by atoms with Gasteiger partial charge in [0.25, 0.3) is 0 Å². The maximum Gasteiger partial charge on any atom is 0.235 e. The number of Topliss-reactive ketones (excluding diaryl/α,β-unsaturated/α-hetero) is 1. The summed E-state index contributed by atoms with van der Waals surface area (Å²) in [5, 5.41) is 1.88. The number of rotatable bonds is 5. The molecule has 154 valence electrons. The molecule has 0 saturated carbocycles. The Hall–Kier alpha value is -2.73. The lowest BCUT2D eigenvalue weighted by Crippen LogP contribution is -2.49. The fraction of sp³-hybridized carbons (Fsp3) is 0.375. The Labute approximate surface area is 180 Å². The van der Waals surface area contributed by atoms with E-state index in [1.54, 1.807) is 0 Å². The third-order valence-corrected chi connectivity index (χ3v) is 7.50. The van der Waals surface area contributed by atoms with E-state index >= 15 is 0 Å². The summed E-state index contributed by atoms with van der Waals surface area (Å²) < 4.78 is 0. The SMILES string of the molecule is CCCCN1C(=O)[C@@H]2[C@@H](C1=O)[C@H](C(=O)c1cccs1)N1c3ccccc3C(C)=C[C@H]21. The molecule has 0 radical (unpaired) electrons. The first-order valence-corrected chi connectivity index (χ1v) is 11.4. The number of unbranched alkanes of at least 4 members (excludes halogenated alkanes) is 1. The highest BCUT2D eigenvalue weighted by Crippen LogP contribution is 2.50.